The summed E-state index contributed by atoms with van der Waals surface area (Å²) in [7, 11) is 1.54. The molecule has 1 atom stereocenters. The number of nitrogens with one attached hydrogen (secondary N) is 1. The van der Waals surface area contributed by atoms with Gasteiger partial charge in [0.1, 0.15) is 6.04 Å². The van der Waals surface area contributed by atoms with Crippen molar-refractivity contribution in [2.75, 3.05) is 13.7 Å². The van der Waals surface area contributed by atoms with Crippen LogP contribution in [-0.4, -0.2) is 54.5 Å². The summed E-state index contributed by atoms with van der Waals surface area (Å²) in [4.78, 5) is 51.3. The van der Waals surface area contributed by atoms with E-state index in [9.17, 15) is 19.2 Å². The maximum atomic E-state index is 12.9. The molecule has 2 aromatic carbocycles. The summed E-state index contributed by atoms with van der Waals surface area (Å²) in [6, 6.07) is 10.4. The van der Waals surface area contributed by atoms with Crippen molar-refractivity contribution in [1.29, 1.82) is 0 Å². The van der Waals surface area contributed by atoms with Crippen LogP contribution in [0.1, 0.15) is 65.3 Å². The minimum Gasteiger partial charge on any atom is -0.493 e. The molecule has 1 aliphatic heterocycles. The van der Waals surface area contributed by atoms with E-state index >= 15 is 0 Å². The number of hydrogen-bond donors (Lipinski definition) is 1. The Hall–Kier alpha value is -3.88. The Bertz CT molecular complexity index is 1140. The normalized spacial score (nSPS) is 17.8. The molecule has 2 aliphatic rings. The highest BCUT2D eigenvalue weighted by Gasteiger charge is 2.39. The summed E-state index contributed by atoms with van der Waals surface area (Å²) < 4.78 is 16.4. The van der Waals surface area contributed by atoms with Gasteiger partial charge < -0.3 is 19.5 Å². The first kappa shape index (κ1) is 25.2. The predicted octanol–water partition coefficient (Wildman–Crippen LogP) is 3.25. The fourth-order valence-electron chi connectivity index (χ4n) is 4.44. The van der Waals surface area contributed by atoms with Crippen molar-refractivity contribution < 1.29 is 33.4 Å². The van der Waals surface area contributed by atoms with Crippen LogP contribution in [0.4, 0.5) is 0 Å². The molecule has 36 heavy (non-hydrogen) atoms. The zero-order valence-corrected chi connectivity index (χ0v) is 20.5. The summed E-state index contributed by atoms with van der Waals surface area (Å²) in [6.45, 7) is 2.05. The van der Waals surface area contributed by atoms with E-state index in [1.54, 1.807) is 56.5 Å². The van der Waals surface area contributed by atoms with Gasteiger partial charge in [-0.3, -0.25) is 19.3 Å². The molecule has 4 rings (SSSR count). The van der Waals surface area contributed by atoms with Crippen LogP contribution >= 0.6 is 0 Å². The van der Waals surface area contributed by atoms with Crippen molar-refractivity contribution in [2.45, 2.75) is 57.7 Å². The van der Waals surface area contributed by atoms with E-state index in [1.807, 2.05) is 0 Å². The SMILES string of the molecule is CCOC(=O)c1ccc(CN2C(=O)C[C@H](NC(=O)c3ccc(OC)c(OC4CCCC4)c3)C2=O)cc1. The van der Waals surface area contributed by atoms with Crippen LogP contribution in [0.15, 0.2) is 42.5 Å². The largest absolute Gasteiger partial charge is 0.493 e. The van der Waals surface area contributed by atoms with Crippen LogP contribution in [-0.2, 0) is 20.9 Å². The number of esters is 1. The number of benzene rings is 2. The molecule has 0 aromatic heterocycles. The van der Waals surface area contributed by atoms with Crippen LogP contribution < -0.4 is 14.8 Å². The summed E-state index contributed by atoms with van der Waals surface area (Å²) in [5.41, 5.74) is 1.39. The lowest BCUT2D eigenvalue weighted by molar-refractivity contribution is -0.139. The number of methoxy groups -OCH3 is 1. The Labute approximate surface area is 209 Å². The Morgan fingerprint density at radius 2 is 1.69 bits per heavy atom. The molecule has 2 fully saturated rings. The maximum absolute atomic E-state index is 12.9. The van der Waals surface area contributed by atoms with Crippen molar-refractivity contribution in [3.63, 3.8) is 0 Å². The number of carbonyl (C=O) groups is 4. The van der Waals surface area contributed by atoms with Crippen LogP contribution in [0.25, 0.3) is 0 Å². The van der Waals surface area contributed by atoms with E-state index < -0.39 is 23.8 Å². The fourth-order valence-corrected chi connectivity index (χ4v) is 4.44. The number of likely N-dealkylation sites (tertiary alicyclic amines) is 1. The highest BCUT2D eigenvalue weighted by Crippen LogP contribution is 2.32. The third kappa shape index (κ3) is 5.67. The minimum atomic E-state index is -0.954. The van der Waals surface area contributed by atoms with Crippen LogP contribution in [0.3, 0.4) is 0 Å². The quantitative estimate of drug-likeness (QED) is 0.421. The predicted molar refractivity (Wildman–Crippen MR) is 130 cm³/mol. The van der Waals surface area contributed by atoms with E-state index in [1.165, 1.54) is 0 Å². The van der Waals surface area contributed by atoms with E-state index in [0.717, 1.165) is 30.6 Å². The lowest BCUT2D eigenvalue weighted by Crippen LogP contribution is -2.41. The summed E-state index contributed by atoms with van der Waals surface area (Å²) >= 11 is 0. The maximum Gasteiger partial charge on any atom is 0.338 e. The number of nitrogens with zero attached hydrogens (tertiary/aromatic N) is 1. The summed E-state index contributed by atoms with van der Waals surface area (Å²) in [5, 5.41) is 2.68. The standard InChI is InChI=1S/C27H30N2O7/c1-3-35-27(33)18-10-8-17(9-11-18)16-29-24(30)15-21(26(29)32)28-25(31)19-12-13-22(34-2)23(14-19)36-20-6-4-5-7-20/h8-14,20-21H,3-7,15-16H2,1-2H3,(H,28,31)/t21-/m0/s1. The average molecular weight is 495 g/mol. The van der Waals surface area contributed by atoms with E-state index in [2.05, 4.69) is 5.32 Å². The van der Waals surface area contributed by atoms with Gasteiger partial charge in [-0.25, -0.2) is 4.79 Å². The highest BCUT2D eigenvalue weighted by atomic mass is 16.5. The molecule has 9 heteroatoms. The third-order valence-electron chi connectivity index (χ3n) is 6.38. The van der Waals surface area contributed by atoms with Crippen molar-refractivity contribution in [3.8, 4) is 11.5 Å². The van der Waals surface area contributed by atoms with Gasteiger partial charge in [0.15, 0.2) is 11.5 Å². The molecule has 0 radical (unpaired) electrons. The summed E-state index contributed by atoms with van der Waals surface area (Å²) in [5.74, 6) is -0.737. The second-order valence-electron chi connectivity index (χ2n) is 8.86. The van der Waals surface area contributed by atoms with Crippen molar-refractivity contribution in [1.82, 2.24) is 10.2 Å². The third-order valence-corrected chi connectivity index (χ3v) is 6.38. The number of hydrogen-bond acceptors (Lipinski definition) is 7. The molecule has 190 valence electrons. The van der Waals surface area contributed by atoms with Gasteiger partial charge in [0.25, 0.3) is 11.8 Å². The number of rotatable bonds is 9. The van der Waals surface area contributed by atoms with Gasteiger partial charge in [0.2, 0.25) is 5.91 Å². The minimum absolute atomic E-state index is 0.0506. The molecule has 0 bridgehead atoms. The molecule has 2 aromatic rings. The Morgan fingerprint density at radius 1 is 1.00 bits per heavy atom. The summed E-state index contributed by atoms with van der Waals surface area (Å²) in [6.07, 6.45) is 4.10. The Morgan fingerprint density at radius 3 is 2.36 bits per heavy atom. The van der Waals surface area contributed by atoms with E-state index in [4.69, 9.17) is 14.2 Å². The lowest BCUT2D eigenvalue weighted by Gasteiger charge is -2.18. The first-order chi connectivity index (χ1) is 17.4. The van der Waals surface area contributed by atoms with Crippen molar-refractivity contribution in [3.05, 3.63) is 59.2 Å². The van der Waals surface area contributed by atoms with Crippen LogP contribution in [0, 0.1) is 0 Å². The zero-order chi connectivity index (χ0) is 25.7. The number of ether oxygens (including phenoxy) is 3. The van der Waals surface area contributed by atoms with E-state index in [-0.39, 0.29) is 31.6 Å². The van der Waals surface area contributed by atoms with Gasteiger partial charge in [-0.2, -0.15) is 0 Å². The van der Waals surface area contributed by atoms with Crippen molar-refractivity contribution >= 4 is 23.7 Å². The van der Waals surface area contributed by atoms with Crippen LogP contribution in [0.5, 0.6) is 11.5 Å². The van der Waals surface area contributed by atoms with Gasteiger partial charge in [-0.15, -0.1) is 0 Å². The average Bonchev–Trinajstić information content (AvgIpc) is 3.48. The smallest absolute Gasteiger partial charge is 0.338 e. The van der Waals surface area contributed by atoms with Crippen molar-refractivity contribution in [2.24, 2.45) is 0 Å². The van der Waals surface area contributed by atoms with Gasteiger partial charge in [-0.05, 0) is 68.5 Å². The number of carbonyl (C=O) groups excluding carboxylic acids is 4. The van der Waals surface area contributed by atoms with Crippen LogP contribution in [0.2, 0.25) is 0 Å². The monoisotopic (exact) mass is 494 g/mol. The molecule has 0 spiro atoms. The molecule has 1 N–H and O–H groups in total. The molecule has 9 nitrogen and oxygen atoms in total. The first-order valence-corrected chi connectivity index (χ1v) is 12.2. The molecule has 1 saturated heterocycles. The zero-order valence-electron chi connectivity index (χ0n) is 20.5. The highest BCUT2D eigenvalue weighted by molar-refractivity contribution is 6.08. The first-order valence-electron chi connectivity index (χ1n) is 12.2. The fraction of sp³-hybridized carbons (Fsp3) is 0.407. The lowest BCUT2D eigenvalue weighted by atomic mass is 10.1. The van der Waals surface area contributed by atoms with E-state index in [0.29, 0.717) is 28.2 Å². The van der Waals surface area contributed by atoms with Gasteiger partial charge >= 0.3 is 5.97 Å². The van der Waals surface area contributed by atoms with Gasteiger partial charge in [0.05, 0.1) is 38.3 Å². The Balaban J connectivity index is 1.40. The molecule has 0 unspecified atom stereocenters. The molecular weight excluding hydrogens is 464 g/mol. The molecule has 1 heterocycles. The van der Waals surface area contributed by atoms with Gasteiger partial charge in [-0.1, -0.05) is 12.1 Å². The molecular formula is C27H30N2O7. The Kier molecular flexibility index (Phi) is 7.87. The molecule has 3 amide bonds. The van der Waals surface area contributed by atoms with Gasteiger partial charge in [0, 0.05) is 5.56 Å². The second-order valence-corrected chi connectivity index (χ2v) is 8.86. The number of amides is 3. The molecule has 1 saturated carbocycles. The topological polar surface area (TPSA) is 111 Å². The second kappa shape index (κ2) is 11.2. The molecule has 1 aliphatic carbocycles. The number of imide groups is 1.